The van der Waals surface area contributed by atoms with Crippen LogP contribution in [0.15, 0.2) is 77.7 Å². The van der Waals surface area contributed by atoms with E-state index in [2.05, 4.69) is 0 Å². The van der Waals surface area contributed by atoms with Crippen molar-refractivity contribution < 1.29 is 22.7 Å². The lowest BCUT2D eigenvalue weighted by atomic mass is 10.2. The van der Waals surface area contributed by atoms with Gasteiger partial charge in [0.1, 0.15) is 0 Å². The summed E-state index contributed by atoms with van der Waals surface area (Å²) < 4.78 is 33.4. The molecule has 3 aromatic rings. The Morgan fingerprint density at radius 2 is 1.50 bits per heavy atom. The first-order valence-electron chi connectivity index (χ1n) is 11.2. The van der Waals surface area contributed by atoms with Gasteiger partial charge in [-0.1, -0.05) is 42.5 Å². The number of esters is 1. The Balaban J connectivity index is 1.33. The maximum absolute atomic E-state index is 13.3. The van der Waals surface area contributed by atoms with Crippen molar-refractivity contribution in [3.63, 3.8) is 0 Å². The molecule has 2 aliphatic rings. The van der Waals surface area contributed by atoms with Crippen LogP contribution >= 0.6 is 0 Å². The van der Waals surface area contributed by atoms with Crippen LogP contribution in [0.25, 0.3) is 0 Å². The normalized spacial score (nSPS) is 15.6. The Bertz CT molecular complexity index is 1390. The molecule has 0 radical (unpaired) electrons. The lowest BCUT2D eigenvalue weighted by Crippen LogP contribution is -2.39. The van der Waals surface area contributed by atoms with Crippen molar-refractivity contribution in [3.05, 3.63) is 89.5 Å². The first-order chi connectivity index (χ1) is 16.4. The molecule has 0 bridgehead atoms. The van der Waals surface area contributed by atoms with Gasteiger partial charge in [-0.15, -0.1) is 0 Å². The summed E-state index contributed by atoms with van der Waals surface area (Å²) in [7, 11) is -3.85. The van der Waals surface area contributed by atoms with Crippen LogP contribution in [0.1, 0.15) is 28.4 Å². The molecule has 0 spiro atoms. The third-order valence-corrected chi connectivity index (χ3v) is 8.10. The predicted molar refractivity (Wildman–Crippen MR) is 128 cm³/mol. The van der Waals surface area contributed by atoms with Gasteiger partial charge in [-0.2, -0.15) is 0 Å². The summed E-state index contributed by atoms with van der Waals surface area (Å²) in [5.41, 5.74) is 3.61. The van der Waals surface area contributed by atoms with Gasteiger partial charge in [0.2, 0.25) is 0 Å². The molecule has 0 fully saturated rings. The molecule has 0 N–H and O–H groups in total. The Hall–Kier alpha value is -3.65. The SMILES string of the molecule is CC(OC(=O)c1cccc(S(=O)(=O)N2CCc3ccccc32)c1)C(=O)N1CCc2ccccc21. The molecule has 2 aliphatic heterocycles. The molecule has 34 heavy (non-hydrogen) atoms. The molecule has 8 heteroatoms. The summed E-state index contributed by atoms with van der Waals surface area (Å²) in [5.74, 6) is -1.05. The van der Waals surface area contributed by atoms with E-state index in [1.165, 1.54) is 35.5 Å². The quantitative estimate of drug-likeness (QED) is 0.526. The monoisotopic (exact) mass is 476 g/mol. The zero-order valence-electron chi connectivity index (χ0n) is 18.7. The Labute approximate surface area is 198 Å². The number of ether oxygens (including phenoxy) is 1. The molecule has 2 heterocycles. The molecule has 3 aromatic carbocycles. The van der Waals surface area contributed by atoms with Crippen LogP contribution in [-0.2, 0) is 32.4 Å². The zero-order valence-corrected chi connectivity index (χ0v) is 19.5. The van der Waals surface area contributed by atoms with Crippen molar-refractivity contribution in [2.45, 2.75) is 30.8 Å². The average molecular weight is 477 g/mol. The number of nitrogens with zero attached hydrogens (tertiary/aromatic N) is 2. The van der Waals surface area contributed by atoms with Crippen molar-refractivity contribution in [3.8, 4) is 0 Å². The van der Waals surface area contributed by atoms with E-state index in [9.17, 15) is 18.0 Å². The summed E-state index contributed by atoms with van der Waals surface area (Å²) >= 11 is 0. The van der Waals surface area contributed by atoms with Crippen LogP contribution in [0, 0.1) is 0 Å². The fourth-order valence-electron chi connectivity index (χ4n) is 4.53. The number of carbonyl (C=O) groups is 2. The average Bonchev–Trinajstić information content (AvgIpc) is 3.48. The van der Waals surface area contributed by atoms with Crippen LogP contribution in [0.4, 0.5) is 11.4 Å². The zero-order chi connectivity index (χ0) is 23.9. The Kier molecular flexibility index (Phi) is 5.61. The van der Waals surface area contributed by atoms with Crippen molar-refractivity contribution >= 4 is 33.3 Å². The highest BCUT2D eigenvalue weighted by atomic mass is 32.2. The minimum atomic E-state index is -3.85. The van der Waals surface area contributed by atoms with Gasteiger partial charge in [0.25, 0.3) is 15.9 Å². The fraction of sp³-hybridized carbons (Fsp3) is 0.231. The number of amides is 1. The molecule has 5 rings (SSSR count). The van der Waals surface area contributed by atoms with Crippen LogP contribution < -0.4 is 9.21 Å². The molecule has 0 aliphatic carbocycles. The fourth-order valence-corrected chi connectivity index (χ4v) is 6.08. The minimum absolute atomic E-state index is 0.00565. The number of benzene rings is 3. The molecule has 0 aromatic heterocycles. The molecular formula is C26H24N2O5S. The Morgan fingerprint density at radius 3 is 2.26 bits per heavy atom. The molecule has 1 unspecified atom stereocenters. The predicted octanol–water partition coefficient (Wildman–Crippen LogP) is 3.57. The van der Waals surface area contributed by atoms with Crippen molar-refractivity contribution in [2.75, 3.05) is 22.3 Å². The van der Waals surface area contributed by atoms with E-state index in [1.54, 1.807) is 17.0 Å². The second-order valence-corrected chi connectivity index (χ2v) is 10.3. The van der Waals surface area contributed by atoms with E-state index < -0.39 is 22.1 Å². The number of hydrogen-bond acceptors (Lipinski definition) is 5. The highest BCUT2D eigenvalue weighted by molar-refractivity contribution is 7.92. The third-order valence-electron chi connectivity index (χ3n) is 6.29. The van der Waals surface area contributed by atoms with Crippen LogP contribution in [0.2, 0.25) is 0 Å². The van der Waals surface area contributed by atoms with E-state index in [4.69, 9.17) is 4.74 Å². The number of rotatable bonds is 5. The Morgan fingerprint density at radius 1 is 0.853 bits per heavy atom. The first kappa shape index (κ1) is 22.2. The van der Waals surface area contributed by atoms with E-state index in [0.29, 0.717) is 25.2 Å². The number of sulfonamides is 1. The first-order valence-corrected chi connectivity index (χ1v) is 12.6. The van der Waals surface area contributed by atoms with Gasteiger partial charge in [0, 0.05) is 18.8 Å². The van der Waals surface area contributed by atoms with E-state index in [1.807, 2.05) is 36.4 Å². The standard InChI is InChI=1S/C26H24N2O5S/c1-18(25(29)27-15-13-19-7-2-4-11-23(19)27)33-26(30)21-9-6-10-22(17-21)34(31,32)28-16-14-20-8-3-5-12-24(20)28/h2-12,17-18H,13-16H2,1H3. The van der Waals surface area contributed by atoms with Gasteiger partial charge >= 0.3 is 5.97 Å². The van der Waals surface area contributed by atoms with Gasteiger partial charge in [0.05, 0.1) is 16.1 Å². The minimum Gasteiger partial charge on any atom is -0.449 e. The van der Waals surface area contributed by atoms with Crippen LogP contribution in [0.3, 0.4) is 0 Å². The molecule has 1 atom stereocenters. The molecule has 7 nitrogen and oxygen atoms in total. The molecule has 1 amide bonds. The van der Waals surface area contributed by atoms with Gasteiger partial charge in [-0.3, -0.25) is 9.10 Å². The molecule has 0 saturated heterocycles. The van der Waals surface area contributed by atoms with Gasteiger partial charge < -0.3 is 9.64 Å². The lowest BCUT2D eigenvalue weighted by Gasteiger charge is -2.22. The number of fused-ring (bicyclic) bond motifs is 2. The second-order valence-electron chi connectivity index (χ2n) is 8.40. The number of para-hydroxylation sites is 2. The van der Waals surface area contributed by atoms with E-state index >= 15 is 0 Å². The maximum atomic E-state index is 13.3. The summed E-state index contributed by atoms with van der Waals surface area (Å²) in [6.07, 6.45) is 0.378. The number of carbonyl (C=O) groups excluding carboxylic acids is 2. The highest BCUT2D eigenvalue weighted by Gasteiger charge is 2.32. The van der Waals surface area contributed by atoms with Crippen LogP contribution in [-0.4, -0.2) is 39.5 Å². The van der Waals surface area contributed by atoms with Crippen molar-refractivity contribution in [2.24, 2.45) is 0 Å². The summed E-state index contributed by atoms with van der Waals surface area (Å²) in [4.78, 5) is 27.4. The van der Waals surface area contributed by atoms with Gasteiger partial charge in [0.15, 0.2) is 6.10 Å². The van der Waals surface area contributed by atoms with Crippen molar-refractivity contribution in [1.82, 2.24) is 0 Å². The van der Waals surface area contributed by atoms with Gasteiger partial charge in [-0.25, -0.2) is 13.2 Å². The second kappa shape index (κ2) is 8.61. The molecular weight excluding hydrogens is 452 g/mol. The highest BCUT2D eigenvalue weighted by Crippen LogP contribution is 2.33. The van der Waals surface area contributed by atoms with E-state index in [-0.39, 0.29) is 16.4 Å². The third kappa shape index (κ3) is 3.84. The van der Waals surface area contributed by atoms with Crippen LogP contribution in [0.5, 0.6) is 0 Å². The summed E-state index contributed by atoms with van der Waals surface area (Å²) in [6.45, 7) is 2.41. The summed E-state index contributed by atoms with van der Waals surface area (Å²) in [5, 5.41) is 0. The lowest BCUT2D eigenvalue weighted by molar-refractivity contribution is -0.126. The number of anilines is 2. The number of hydrogen-bond donors (Lipinski definition) is 0. The van der Waals surface area contributed by atoms with Crippen molar-refractivity contribution in [1.29, 1.82) is 0 Å². The smallest absolute Gasteiger partial charge is 0.338 e. The topological polar surface area (TPSA) is 84.0 Å². The summed E-state index contributed by atoms with van der Waals surface area (Å²) in [6, 6.07) is 20.8. The molecule has 174 valence electrons. The largest absolute Gasteiger partial charge is 0.449 e. The van der Waals surface area contributed by atoms with Gasteiger partial charge in [-0.05, 0) is 61.2 Å². The van der Waals surface area contributed by atoms with E-state index in [0.717, 1.165) is 23.2 Å². The molecule has 0 saturated carbocycles. The maximum Gasteiger partial charge on any atom is 0.338 e.